The number of alkyl halides is 2. The van der Waals surface area contributed by atoms with Crippen LogP contribution in [0.25, 0.3) is 0 Å². The summed E-state index contributed by atoms with van der Waals surface area (Å²) in [5, 5.41) is 0. The molecule has 1 atom stereocenters. The van der Waals surface area contributed by atoms with Gasteiger partial charge in [-0.05, 0) is 12.1 Å². The van der Waals surface area contributed by atoms with Crippen LogP contribution in [0.15, 0.2) is 18.2 Å². The van der Waals surface area contributed by atoms with Crippen LogP contribution in [-0.4, -0.2) is 5.92 Å². The molecule has 0 heterocycles. The van der Waals surface area contributed by atoms with Gasteiger partial charge in [-0.15, -0.1) is 0 Å². The van der Waals surface area contributed by atoms with E-state index in [0.29, 0.717) is 6.92 Å². The smallest absolute Gasteiger partial charge is 0.264 e. The molecule has 1 aromatic carbocycles. The lowest BCUT2D eigenvalue weighted by Gasteiger charge is -2.20. The van der Waals surface area contributed by atoms with E-state index >= 15 is 0 Å². The molecule has 0 spiro atoms. The lowest BCUT2D eigenvalue weighted by molar-refractivity contribution is -0.00836. The molecule has 2 N–H and O–H groups in total. The van der Waals surface area contributed by atoms with Gasteiger partial charge < -0.3 is 5.73 Å². The van der Waals surface area contributed by atoms with Gasteiger partial charge in [0.15, 0.2) is 0 Å². The van der Waals surface area contributed by atoms with Crippen LogP contribution < -0.4 is 5.73 Å². The largest absolute Gasteiger partial charge is 0.319 e. The second-order valence-corrected chi connectivity index (χ2v) is 3.07. The van der Waals surface area contributed by atoms with Gasteiger partial charge in [-0.1, -0.05) is 6.07 Å². The number of hydrogen-bond donors (Lipinski definition) is 1. The average molecular weight is 207 g/mol. The third-order valence-electron chi connectivity index (χ3n) is 1.86. The summed E-state index contributed by atoms with van der Waals surface area (Å²) in [6.07, 6.45) is 0. The van der Waals surface area contributed by atoms with Crippen LogP contribution in [0.3, 0.4) is 0 Å². The molecule has 78 valence electrons. The van der Waals surface area contributed by atoms with Crippen LogP contribution in [0.5, 0.6) is 0 Å². The minimum Gasteiger partial charge on any atom is -0.319 e. The molecule has 0 aromatic heterocycles. The van der Waals surface area contributed by atoms with Gasteiger partial charge in [0.25, 0.3) is 5.92 Å². The zero-order valence-corrected chi connectivity index (χ0v) is 7.40. The predicted octanol–water partition coefficient (Wildman–Crippen LogP) is 2.62. The van der Waals surface area contributed by atoms with Crippen LogP contribution in [0.2, 0.25) is 0 Å². The summed E-state index contributed by atoms with van der Waals surface area (Å²) in [6, 6.07) is 0.909. The molecule has 0 saturated carbocycles. The summed E-state index contributed by atoms with van der Waals surface area (Å²) in [5.41, 5.74) is 4.27. The Morgan fingerprint density at radius 2 is 1.64 bits per heavy atom. The highest BCUT2D eigenvalue weighted by Gasteiger charge is 2.35. The summed E-state index contributed by atoms with van der Waals surface area (Å²) < 4.78 is 51.4. The van der Waals surface area contributed by atoms with Crippen molar-refractivity contribution in [3.8, 4) is 0 Å². The van der Waals surface area contributed by atoms with Crippen molar-refractivity contribution in [2.75, 3.05) is 0 Å². The molecule has 0 amide bonds. The van der Waals surface area contributed by atoms with E-state index in [1.807, 2.05) is 0 Å². The molecule has 0 aliphatic heterocycles. The van der Waals surface area contributed by atoms with Crippen molar-refractivity contribution in [3.05, 3.63) is 35.4 Å². The fraction of sp³-hybridized carbons (Fsp3) is 0.333. The number of halogens is 4. The van der Waals surface area contributed by atoms with E-state index in [1.165, 1.54) is 0 Å². The topological polar surface area (TPSA) is 26.0 Å². The Bertz CT molecular complexity index is 312. The van der Waals surface area contributed by atoms with E-state index in [9.17, 15) is 17.6 Å². The monoisotopic (exact) mass is 207 g/mol. The van der Waals surface area contributed by atoms with Crippen molar-refractivity contribution in [3.63, 3.8) is 0 Å². The highest BCUT2D eigenvalue weighted by molar-refractivity contribution is 5.24. The Labute approximate surface area is 78.5 Å². The van der Waals surface area contributed by atoms with Gasteiger partial charge in [0.2, 0.25) is 0 Å². The summed E-state index contributed by atoms with van der Waals surface area (Å²) in [5.74, 6) is -5.47. The Morgan fingerprint density at radius 1 is 1.21 bits per heavy atom. The van der Waals surface area contributed by atoms with Crippen LogP contribution in [0, 0.1) is 11.6 Å². The van der Waals surface area contributed by atoms with Crippen LogP contribution in [0.1, 0.15) is 18.5 Å². The first-order valence-electron chi connectivity index (χ1n) is 3.91. The SMILES string of the molecule is CC(F)(F)C(N)c1c(F)cccc1F. The lowest BCUT2D eigenvalue weighted by Crippen LogP contribution is -2.31. The normalized spacial score (nSPS) is 14.1. The zero-order valence-electron chi connectivity index (χ0n) is 7.40. The van der Waals surface area contributed by atoms with Gasteiger partial charge >= 0.3 is 0 Å². The van der Waals surface area contributed by atoms with Gasteiger partial charge in [-0.3, -0.25) is 0 Å². The molecule has 1 nitrogen and oxygen atoms in total. The Kier molecular flexibility index (Phi) is 2.80. The molecule has 0 aliphatic rings. The maximum absolute atomic E-state index is 13.0. The molecule has 0 aliphatic carbocycles. The highest BCUT2D eigenvalue weighted by Crippen LogP contribution is 2.31. The van der Waals surface area contributed by atoms with Crippen molar-refractivity contribution in [2.45, 2.75) is 18.9 Å². The van der Waals surface area contributed by atoms with Crippen LogP contribution >= 0.6 is 0 Å². The van der Waals surface area contributed by atoms with Gasteiger partial charge in [-0.2, -0.15) is 0 Å². The number of hydrogen-bond acceptors (Lipinski definition) is 1. The van der Waals surface area contributed by atoms with Gasteiger partial charge in [0.1, 0.15) is 11.6 Å². The maximum atomic E-state index is 13.0. The van der Waals surface area contributed by atoms with E-state index < -0.39 is 29.2 Å². The molecule has 1 aromatic rings. The molecule has 14 heavy (non-hydrogen) atoms. The van der Waals surface area contributed by atoms with Crippen molar-refractivity contribution >= 4 is 0 Å². The fourth-order valence-electron chi connectivity index (χ4n) is 1.06. The van der Waals surface area contributed by atoms with E-state index in [2.05, 4.69) is 0 Å². The Balaban J connectivity index is 3.19. The lowest BCUT2D eigenvalue weighted by atomic mass is 10.0. The molecular formula is C9H9F4N. The first-order chi connectivity index (χ1) is 6.34. The van der Waals surface area contributed by atoms with Gasteiger partial charge in [0.05, 0.1) is 6.04 Å². The summed E-state index contributed by atoms with van der Waals surface area (Å²) in [6.45, 7) is 0.517. The summed E-state index contributed by atoms with van der Waals surface area (Å²) >= 11 is 0. The third kappa shape index (κ3) is 2.04. The first kappa shape index (κ1) is 11.0. The standard InChI is InChI=1S/C9H9F4N/c1-9(12,13)8(14)7-5(10)3-2-4-6(7)11/h2-4,8H,14H2,1H3. The Morgan fingerprint density at radius 3 is 2.00 bits per heavy atom. The number of benzene rings is 1. The quantitative estimate of drug-likeness (QED) is 0.741. The van der Waals surface area contributed by atoms with Crippen LogP contribution in [0.4, 0.5) is 17.6 Å². The molecule has 0 radical (unpaired) electrons. The van der Waals surface area contributed by atoms with Gasteiger partial charge in [-0.25, -0.2) is 17.6 Å². The predicted molar refractivity (Wildman–Crippen MR) is 43.9 cm³/mol. The second kappa shape index (κ2) is 3.57. The minimum atomic E-state index is -3.36. The molecular weight excluding hydrogens is 198 g/mol. The summed E-state index contributed by atoms with van der Waals surface area (Å²) in [7, 11) is 0. The third-order valence-corrected chi connectivity index (χ3v) is 1.86. The number of rotatable bonds is 2. The van der Waals surface area contributed by atoms with Gasteiger partial charge in [0, 0.05) is 12.5 Å². The number of nitrogens with two attached hydrogens (primary N) is 1. The maximum Gasteiger partial charge on any atom is 0.264 e. The molecule has 0 bridgehead atoms. The first-order valence-corrected chi connectivity index (χ1v) is 3.91. The van der Waals surface area contributed by atoms with E-state index in [4.69, 9.17) is 5.73 Å². The van der Waals surface area contributed by atoms with Crippen molar-refractivity contribution in [2.24, 2.45) is 5.73 Å². The second-order valence-electron chi connectivity index (χ2n) is 3.07. The van der Waals surface area contributed by atoms with E-state index in [0.717, 1.165) is 18.2 Å². The van der Waals surface area contributed by atoms with Crippen LogP contribution in [-0.2, 0) is 0 Å². The molecule has 1 unspecified atom stereocenters. The highest BCUT2D eigenvalue weighted by atomic mass is 19.3. The van der Waals surface area contributed by atoms with Crippen molar-refractivity contribution in [1.29, 1.82) is 0 Å². The Hall–Kier alpha value is -1.10. The minimum absolute atomic E-state index is 0.517. The molecule has 1 rings (SSSR count). The summed E-state index contributed by atoms with van der Waals surface area (Å²) in [4.78, 5) is 0. The molecule has 0 fully saturated rings. The van der Waals surface area contributed by atoms with E-state index in [1.54, 1.807) is 0 Å². The fourth-order valence-corrected chi connectivity index (χ4v) is 1.06. The average Bonchev–Trinajstić information content (AvgIpc) is 2.01. The van der Waals surface area contributed by atoms with Crippen molar-refractivity contribution in [1.82, 2.24) is 0 Å². The van der Waals surface area contributed by atoms with Crippen molar-refractivity contribution < 1.29 is 17.6 Å². The van der Waals surface area contributed by atoms with E-state index in [-0.39, 0.29) is 0 Å². The molecule has 5 heteroatoms. The molecule has 0 saturated heterocycles. The zero-order chi connectivity index (χ0) is 10.9.